The summed E-state index contributed by atoms with van der Waals surface area (Å²) < 4.78 is 2.08. The number of hydrogen-bond donors (Lipinski definition) is 0. The molecule has 0 saturated carbocycles. The van der Waals surface area contributed by atoms with Crippen molar-refractivity contribution in [3.8, 4) is 16.8 Å². The number of imide groups is 1. The Balaban J connectivity index is 1.79. The molecule has 0 aliphatic carbocycles. The Kier molecular flexibility index (Phi) is 3.98. The molecule has 0 spiro atoms. The van der Waals surface area contributed by atoms with E-state index in [-0.39, 0.29) is 11.8 Å². The first-order valence-electron chi connectivity index (χ1n) is 10.6. The largest absolute Gasteiger partial charge is 0.308 e. The summed E-state index contributed by atoms with van der Waals surface area (Å²) in [4.78, 5) is 30.5. The number of carbonyl (C=O) groups is 2. The quantitative estimate of drug-likeness (QED) is 0.248. The van der Waals surface area contributed by atoms with E-state index in [0.29, 0.717) is 22.5 Å². The number of para-hydroxylation sites is 2. The van der Waals surface area contributed by atoms with Gasteiger partial charge in [-0.1, -0.05) is 60.7 Å². The van der Waals surface area contributed by atoms with E-state index in [1.165, 1.54) is 11.9 Å². The lowest BCUT2D eigenvalue weighted by molar-refractivity contribution is 0.0693. The van der Waals surface area contributed by atoms with Gasteiger partial charge in [0.1, 0.15) is 0 Å². The first-order chi connectivity index (χ1) is 16.1. The Morgan fingerprint density at radius 1 is 0.758 bits per heavy atom. The van der Waals surface area contributed by atoms with Crippen molar-refractivity contribution < 1.29 is 9.59 Å². The molecular formula is C28H17N3O2. The van der Waals surface area contributed by atoms with Crippen LogP contribution in [0.1, 0.15) is 20.7 Å². The molecule has 5 nitrogen and oxygen atoms in total. The monoisotopic (exact) mass is 427 g/mol. The molecule has 0 unspecified atom stereocenters. The van der Waals surface area contributed by atoms with E-state index in [0.717, 1.165) is 32.9 Å². The van der Waals surface area contributed by atoms with Crippen LogP contribution >= 0.6 is 0 Å². The van der Waals surface area contributed by atoms with Gasteiger partial charge < -0.3 is 4.57 Å². The minimum atomic E-state index is -0.302. The lowest BCUT2D eigenvalue weighted by Gasteiger charge is -2.14. The molecule has 33 heavy (non-hydrogen) atoms. The van der Waals surface area contributed by atoms with E-state index in [4.69, 9.17) is 6.57 Å². The first-order valence-corrected chi connectivity index (χ1v) is 10.6. The standard InChI is InChI=1S/C28H17N3O2/c1-29-18-9-5-8-17(16-18)19-11-6-12-21-20-10-3-4-14-23(20)31(26(19)21)24-15-7-13-22-25(24)28(33)30(2)27(22)32/h3-16H,2H3. The Bertz CT molecular complexity index is 1690. The van der Waals surface area contributed by atoms with Gasteiger partial charge in [-0.05, 0) is 29.8 Å². The Morgan fingerprint density at radius 2 is 1.48 bits per heavy atom. The van der Waals surface area contributed by atoms with E-state index in [1.54, 1.807) is 12.1 Å². The number of nitrogens with zero attached hydrogens (tertiary/aromatic N) is 3. The van der Waals surface area contributed by atoms with Gasteiger partial charge in [0, 0.05) is 23.4 Å². The van der Waals surface area contributed by atoms with Gasteiger partial charge in [-0.15, -0.1) is 0 Å². The summed E-state index contributed by atoms with van der Waals surface area (Å²) in [6.45, 7) is 7.42. The van der Waals surface area contributed by atoms with Crippen LogP contribution in [0, 0.1) is 6.57 Å². The van der Waals surface area contributed by atoms with Crippen LogP contribution in [-0.2, 0) is 0 Å². The van der Waals surface area contributed by atoms with E-state index >= 15 is 0 Å². The minimum Gasteiger partial charge on any atom is -0.308 e. The van der Waals surface area contributed by atoms with E-state index in [2.05, 4.69) is 21.5 Å². The zero-order valence-electron chi connectivity index (χ0n) is 17.7. The SMILES string of the molecule is [C-]#[N+]c1cccc(-c2cccc3c4ccccc4n(-c4cccc5c4C(=O)N(C)C5=O)c23)c1. The molecule has 2 heterocycles. The fraction of sp³-hybridized carbons (Fsp3) is 0.0357. The van der Waals surface area contributed by atoms with Gasteiger partial charge in [0.15, 0.2) is 5.69 Å². The van der Waals surface area contributed by atoms with Crippen molar-refractivity contribution >= 4 is 39.3 Å². The van der Waals surface area contributed by atoms with Crippen LogP contribution in [0.5, 0.6) is 0 Å². The van der Waals surface area contributed by atoms with Crippen molar-refractivity contribution in [1.29, 1.82) is 0 Å². The first kappa shape index (κ1) is 19.0. The zero-order chi connectivity index (χ0) is 22.7. The number of rotatable bonds is 2. The summed E-state index contributed by atoms with van der Waals surface area (Å²) >= 11 is 0. The fourth-order valence-electron chi connectivity index (χ4n) is 4.81. The van der Waals surface area contributed by atoms with Gasteiger partial charge in [-0.2, -0.15) is 0 Å². The highest BCUT2D eigenvalue weighted by Crippen LogP contribution is 2.40. The summed E-state index contributed by atoms with van der Waals surface area (Å²) in [5, 5.41) is 2.09. The summed E-state index contributed by atoms with van der Waals surface area (Å²) in [6, 6.07) is 27.1. The highest BCUT2D eigenvalue weighted by molar-refractivity contribution is 6.23. The Labute approximate surface area is 189 Å². The molecule has 0 radical (unpaired) electrons. The van der Waals surface area contributed by atoms with E-state index in [9.17, 15) is 9.59 Å². The van der Waals surface area contributed by atoms with Crippen LogP contribution in [0.2, 0.25) is 0 Å². The van der Waals surface area contributed by atoms with Crippen LogP contribution in [0.25, 0.3) is 43.5 Å². The molecular weight excluding hydrogens is 410 g/mol. The summed E-state index contributed by atoms with van der Waals surface area (Å²) in [5.41, 5.74) is 5.83. The average Bonchev–Trinajstić information content (AvgIpc) is 3.31. The van der Waals surface area contributed by atoms with Crippen molar-refractivity contribution in [1.82, 2.24) is 9.47 Å². The predicted octanol–water partition coefficient (Wildman–Crippen LogP) is 6.23. The second kappa shape index (κ2) is 6.91. The zero-order valence-corrected chi connectivity index (χ0v) is 17.7. The maximum atomic E-state index is 13.1. The van der Waals surface area contributed by atoms with Crippen LogP contribution in [-0.4, -0.2) is 28.3 Å². The van der Waals surface area contributed by atoms with Gasteiger partial charge in [0.05, 0.1) is 34.4 Å². The van der Waals surface area contributed by atoms with Crippen molar-refractivity contribution in [2.24, 2.45) is 0 Å². The molecule has 0 bridgehead atoms. The number of fused-ring (bicyclic) bond motifs is 4. The minimum absolute atomic E-state index is 0.289. The number of aromatic nitrogens is 1. The van der Waals surface area contributed by atoms with Crippen LogP contribution < -0.4 is 0 Å². The maximum Gasteiger partial charge on any atom is 0.263 e. The van der Waals surface area contributed by atoms with Crippen molar-refractivity contribution in [3.05, 3.63) is 107 Å². The highest BCUT2D eigenvalue weighted by atomic mass is 16.2. The number of amides is 2. The molecule has 0 fully saturated rings. The molecule has 0 atom stereocenters. The number of carbonyl (C=O) groups excluding carboxylic acids is 2. The lowest BCUT2D eigenvalue weighted by Crippen LogP contribution is -2.24. The van der Waals surface area contributed by atoms with Crippen molar-refractivity contribution in [3.63, 3.8) is 0 Å². The van der Waals surface area contributed by atoms with Crippen LogP contribution in [0.4, 0.5) is 5.69 Å². The van der Waals surface area contributed by atoms with Gasteiger partial charge in [-0.25, -0.2) is 4.85 Å². The van der Waals surface area contributed by atoms with Crippen molar-refractivity contribution in [2.45, 2.75) is 0 Å². The normalized spacial score (nSPS) is 13.0. The van der Waals surface area contributed by atoms with Gasteiger partial charge in [0.25, 0.3) is 11.8 Å². The second-order valence-electron chi connectivity index (χ2n) is 8.09. The summed E-state index contributed by atoms with van der Waals surface area (Å²) in [5.74, 6) is -0.591. The highest BCUT2D eigenvalue weighted by Gasteiger charge is 2.36. The molecule has 5 aromatic rings. The molecule has 0 N–H and O–H groups in total. The third-order valence-corrected chi connectivity index (χ3v) is 6.32. The lowest BCUT2D eigenvalue weighted by atomic mass is 10.0. The summed E-state index contributed by atoms with van der Waals surface area (Å²) in [7, 11) is 1.52. The average molecular weight is 427 g/mol. The predicted molar refractivity (Wildman–Crippen MR) is 129 cm³/mol. The molecule has 4 aromatic carbocycles. The second-order valence-corrected chi connectivity index (χ2v) is 8.09. The maximum absolute atomic E-state index is 13.1. The molecule has 1 aliphatic heterocycles. The van der Waals surface area contributed by atoms with Crippen LogP contribution in [0.3, 0.4) is 0 Å². The Hall–Kier alpha value is -4.69. The third kappa shape index (κ3) is 2.58. The molecule has 0 saturated heterocycles. The van der Waals surface area contributed by atoms with E-state index < -0.39 is 0 Å². The number of hydrogen-bond acceptors (Lipinski definition) is 2. The smallest absolute Gasteiger partial charge is 0.263 e. The van der Waals surface area contributed by atoms with Gasteiger partial charge in [0.2, 0.25) is 0 Å². The molecule has 1 aromatic heterocycles. The van der Waals surface area contributed by atoms with Crippen LogP contribution in [0.15, 0.2) is 84.9 Å². The Morgan fingerprint density at radius 3 is 2.33 bits per heavy atom. The van der Waals surface area contributed by atoms with Gasteiger partial charge >= 0.3 is 0 Å². The molecule has 5 heteroatoms. The molecule has 1 aliphatic rings. The molecule has 2 amide bonds. The fourth-order valence-corrected chi connectivity index (χ4v) is 4.81. The van der Waals surface area contributed by atoms with E-state index in [1.807, 2.05) is 60.7 Å². The topological polar surface area (TPSA) is 46.7 Å². The van der Waals surface area contributed by atoms with Gasteiger partial charge in [-0.3, -0.25) is 14.5 Å². The number of benzene rings is 4. The summed E-state index contributed by atoms with van der Waals surface area (Å²) in [6.07, 6.45) is 0. The third-order valence-electron chi connectivity index (χ3n) is 6.32. The molecule has 6 rings (SSSR count). The molecule has 156 valence electrons. The van der Waals surface area contributed by atoms with Crippen molar-refractivity contribution in [2.75, 3.05) is 7.05 Å².